The van der Waals surface area contributed by atoms with Crippen LogP contribution in [0.2, 0.25) is 0 Å². The number of benzene rings is 1. The van der Waals surface area contributed by atoms with Crippen LogP contribution in [0.25, 0.3) is 0 Å². The molecule has 0 fully saturated rings. The van der Waals surface area contributed by atoms with Crippen molar-refractivity contribution in [3.8, 4) is 0 Å². The highest BCUT2D eigenvalue weighted by Gasteiger charge is 2.17. The monoisotopic (exact) mass is 222 g/mol. The maximum absolute atomic E-state index is 11.2. The van der Waals surface area contributed by atoms with Crippen LogP contribution in [0.1, 0.15) is 25.8 Å². The summed E-state index contributed by atoms with van der Waals surface area (Å²) in [5, 5.41) is -0.393. The Morgan fingerprint density at radius 2 is 1.73 bits per heavy atom. The largest absolute Gasteiger partial charge is 0.224 e. The smallest absolute Gasteiger partial charge is 0.175 e. The molecule has 0 amide bonds. The first-order valence-corrected chi connectivity index (χ1v) is 6.76. The van der Waals surface area contributed by atoms with Gasteiger partial charge in [-0.05, 0) is 17.4 Å². The van der Waals surface area contributed by atoms with E-state index in [4.69, 9.17) is 7.85 Å². The third kappa shape index (κ3) is 2.84. The Kier molecular flexibility index (Phi) is 3.29. The van der Waals surface area contributed by atoms with Crippen molar-refractivity contribution in [3.63, 3.8) is 0 Å². The Bertz CT molecular complexity index is 432. The summed E-state index contributed by atoms with van der Waals surface area (Å²) < 4.78 is 22.5. The van der Waals surface area contributed by atoms with Gasteiger partial charge in [0.15, 0.2) is 9.84 Å². The summed E-state index contributed by atoms with van der Waals surface area (Å²) in [6.07, 6.45) is 2.01. The molecule has 1 unspecified atom stereocenters. The predicted octanol–water partition coefficient (Wildman–Crippen LogP) is 1.88. The van der Waals surface area contributed by atoms with Gasteiger partial charge in [0.1, 0.15) is 0 Å². The maximum atomic E-state index is 11.2. The lowest BCUT2D eigenvalue weighted by Crippen LogP contribution is -2.20. The van der Waals surface area contributed by atoms with Gasteiger partial charge in [-0.2, -0.15) is 0 Å². The molecular formula is C11H15BO2S. The van der Waals surface area contributed by atoms with Gasteiger partial charge in [-0.3, -0.25) is 0 Å². The van der Waals surface area contributed by atoms with Crippen LogP contribution in [-0.2, 0) is 15.2 Å². The zero-order valence-corrected chi connectivity index (χ0v) is 10.1. The molecule has 15 heavy (non-hydrogen) atoms. The molecule has 0 heterocycles. The van der Waals surface area contributed by atoms with Gasteiger partial charge in [0, 0.05) is 6.26 Å². The van der Waals surface area contributed by atoms with E-state index in [0.29, 0.717) is 4.90 Å². The van der Waals surface area contributed by atoms with Crippen molar-refractivity contribution < 1.29 is 8.42 Å². The molecule has 2 radical (unpaired) electrons. The van der Waals surface area contributed by atoms with Crippen LogP contribution < -0.4 is 0 Å². The molecule has 0 aliphatic rings. The molecule has 0 aliphatic heterocycles. The first kappa shape index (κ1) is 12.3. The number of sulfone groups is 1. The zero-order valence-electron chi connectivity index (χ0n) is 9.32. The van der Waals surface area contributed by atoms with Gasteiger partial charge < -0.3 is 0 Å². The summed E-state index contributed by atoms with van der Waals surface area (Å²) >= 11 is 0. The molecule has 0 saturated carbocycles. The van der Waals surface area contributed by atoms with Crippen LogP contribution in [0.15, 0.2) is 29.2 Å². The fourth-order valence-corrected chi connectivity index (χ4v) is 1.92. The first-order valence-electron chi connectivity index (χ1n) is 4.87. The lowest BCUT2D eigenvalue weighted by Gasteiger charge is -2.23. The van der Waals surface area contributed by atoms with Gasteiger partial charge >= 0.3 is 0 Å². The van der Waals surface area contributed by atoms with Crippen molar-refractivity contribution in [3.05, 3.63) is 29.8 Å². The standard InChI is InChI=1S/C11H15BO2S/c1-4-11(2,12)9-5-7-10(8-6-9)15(3,13)14/h5-8H,4H2,1-3H3. The van der Waals surface area contributed by atoms with Gasteiger partial charge in [-0.25, -0.2) is 8.42 Å². The second-order valence-corrected chi connectivity index (χ2v) is 6.08. The van der Waals surface area contributed by atoms with Crippen LogP contribution in [0, 0.1) is 0 Å². The SMILES string of the molecule is [B]C(C)(CC)c1ccc(S(C)(=O)=O)cc1. The predicted molar refractivity (Wildman–Crippen MR) is 62.9 cm³/mol. The van der Waals surface area contributed by atoms with Crippen LogP contribution in [0.4, 0.5) is 0 Å². The molecule has 0 aliphatic carbocycles. The van der Waals surface area contributed by atoms with Crippen LogP contribution >= 0.6 is 0 Å². The van der Waals surface area contributed by atoms with E-state index in [1.54, 1.807) is 24.3 Å². The Labute approximate surface area is 93.0 Å². The Morgan fingerprint density at radius 3 is 2.07 bits per heavy atom. The Morgan fingerprint density at radius 1 is 1.27 bits per heavy atom. The third-order valence-corrected chi connectivity index (χ3v) is 3.80. The quantitative estimate of drug-likeness (QED) is 0.731. The molecule has 1 rings (SSSR count). The lowest BCUT2D eigenvalue weighted by atomic mass is 9.64. The minimum atomic E-state index is -3.11. The molecule has 0 N–H and O–H groups in total. The van der Waals surface area contributed by atoms with Gasteiger partial charge in [0.2, 0.25) is 0 Å². The lowest BCUT2D eigenvalue weighted by molar-refractivity contribution is 0.601. The highest BCUT2D eigenvalue weighted by molar-refractivity contribution is 7.90. The summed E-state index contributed by atoms with van der Waals surface area (Å²) in [6, 6.07) is 6.76. The minimum Gasteiger partial charge on any atom is -0.224 e. The minimum absolute atomic E-state index is 0.332. The second kappa shape index (κ2) is 4.01. The Balaban J connectivity index is 3.12. The highest BCUT2D eigenvalue weighted by Crippen LogP contribution is 2.24. The second-order valence-electron chi connectivity index (χ2n) is 4.07. The van der Waals surface area contributed by atoms with Crippen molar-refractivity contribution in [1.29, 1.82) is 0 Å². The van der Waals surface area contributed by atoms with Gasteiger partial charge in [-0.1, -0.05) is 38.0 Å². The van der Waals surface area contributed by atoms with Gasteiger partial charge in [0.05, 0.1) is 12.7 Å². The van der Waals surface area contributed by atoms with E-state index in [2.05, 4.69) is 0 Å². The number of rotatable bonds is 3. The molecule has 0 aromatic heterocycles. The molecule has 0 bridgehead atoms. The van der Waals surface area contributed by atoms with Crippen molar-refractivity contribution >= 4 is 17.7 Å². The van der Waals surface area contributed by atoms with E-state index in [1.807, 2.05) is 13.8 Å². The van der Waals surface area contributed by atoms with Crippen molar-refractivity contribution in [2.75, 3.05) is 6.26 Å². The van der Waals surface area contributed by atoms with Gasteiger partial charge in [0.25, 0.3) is 0 Å². The van der Waals surface area contributed by atoms with Crippen LogP contribution in [0.5, 0.6) is 0 Å². The highest BCUT2D eigenvalue weighted by atomic mass is 32.2. The van der Waals surface area contributed by atoms with Crippen molar-refractivity contribution in [2.45, 2.75) is 30.5 Å². The molecule has 2 nitrogen and oxygen atoms in total. The van der Waals surface area contributed by atoms with Crippen LogP contribution in [-0.4, -0.2) is 22.5 Å². The van der Waals surface area contributed by atoms with E-state index < -0.39 is 15.2 Å². The molecular weight excluding hydrogens is 207 g/mol. The number of hydrogen-bond donors (Lipinski definition) is 0. The molecule has 80 valence electrons. The van der Waals surface area contributed by atoms with Crippen molar-refractivity contribution in [1.82, 2.24) is 0 Å². The van der Waals surface area contributed by atoms with Gasteiger partial charge in [-0.15, -0.1) is 0 Å². The average molecular weight is 222 g/mol. The van der Waals surface area contributed by atoms with E-state index in [0.717, 1.165) is 12.0 Å². The molecule has 0 saturated heterocycles. The first-order chi connectivity index (χ1) is 6.77. The average Bonchev–Trinajstić information content (AvgIpc) is 2.17. The molecule has 4 heteroatoms. The summed E-state index contributed by atoms with van der Waals surface area (Å²) in [6.45, 7) is 3.94. The maximum Gasteiger partial charge on any atom is 0.175 e. The zero-order chi connectivity index (χ0) is 11.7. The summed E-state index contributed by atoms with van der Waals surface area (Å²) in [5.41, 5.74) is 0.956. The summed E-state index contributed by atoms with van der Waals surface area (Å²) in [4.78, 5) is 0.332. The molecule has 1 atom stereocenters. The number of hydrogen-bond acceptors (Lipinski definition) is 2. The molecule has 0 spiro atoms. The van der Waals surface area contributed by atoms with E-state index >= 15 is 0 Å². The topological polar surface area (TPSA) is 34.1 Å². The van der Waals surface area contributed by atoms with Crippen molar-refractivity contribution in [2.24, 2.45) is 0 Å². The van der Waals surface area contributed by atoms with E-state index in [9.17, 15) is 8.42 Å². The Hall–Kier alpha value is -0.765. The van der Waals surface area contributed by atoms with E-state index in [1.165, 1.54) is 6.26 Å². The van der Waals surface area contributed by atoms with Crippen LogP contribution in [0.3, 0.4) is 0 Å². The summed E-state index contributed by atoms with van der Waals surface area (Å²) in [7, 11) is 2.93. The molecule has 1 aromatic rings. The van der Waals surface area contributed by atoms with E-state index in [-0.39, 0.29) is 0 Å². The fourth-order valence-electron chi connectivity index (χ4n) is 1.29. The molecule has 1 aromatic carbocycles. The normalized spacial score (nSPS) is 15.9. The summed E-state index contributed by atoms with van der Waals surface area (Å²) in [5.74, 6) is 0. The third-order valence-electron chi connectivity index (χ3n) is 2.68. The fraction of sp³-hybridized carbons (Fsp3) is 0.455.